The lowest BCUT2D eigenvalue weighted by Gasteiger charge is -2.10. The van der Waals surface area contributed by atoms with E-state index in [0.717, 1.165) is 11.0 Å². The zero-order chi connectivity index (χ0) is 13.7. The van der Waals surface area contributed by atoms with Crippen molar-refractivity contribution in [1.82, 2.24) is 4.72 Å². The highest BCUT2D eigenvalue weighted by molar-refractivity contribution is 8.00. The Balaban J connectivity index is 1.80. The average Bonchev–Trinajstić information content (AvgIpc) is 2.88. The lowest BCUT2D eigenvalue weighted by molar-refractivity contribution is 0.584. The minimum absolute atomic E-state index is 0.228. The predicted octanol–water partition coefficient (Wildman–Crippen LogP) is 3.29. The second-order valence-corrected chi connectivity index (χ2v) is 8.24. The lowest BCUT2D eigenvalue weighted by atomic mass is 10.4. The molecule has 0 unspecified atom stereocenters. The summed E-state index contributed by atoms with van der Waals surface area (Å²) in [7, 11) is -3.43. The molecule has 6 heteroatoms. The summed E-state index contributed by atoms with van der Waals surface area (Å²) in [6, 6.07) is 6.33. The maximum Gasteiger partial charge on any atom is 0.240 e. The predicted molar refractivity (Wildman–Crippen MR) is 81.4 cm³/mol. The Morgan fingerprint density at radius 1 is 1.32 bits per heavy atom. The normalized spacial score (nSPS) is 16.9. The number of nitrogens with one attached hydrogen (secondary N) is 1. The van der Waals surface area contributed by atoms with Crippen molar-refractivity contribution < 1.29 is 8.42 Å². The summed E-state index contributed by atoms with van der Waals surface area (Å²) in [5.74, 6) is 0.824. The van der Waals surface area contributed by atoms with Crippen molar-refractivity contribution in [3.63, 3.8) is 0 Å². The fraction of sp³-hybridized carbons (Fsp3) is 0.538. The molecule has 106 valence electrons. The molecule has 0 bridgehead atoms. The molecule has 2 rings (SSSR count). The zero-order valence-corrected chi connectivity index (χ0v) is 13.0. The Bertz CT molecular complexity index is 513. The third-order valence-corrected chi connectivity index (χ3v) is 6.23. The van der Waals surface area contributed by atoms with E-state index in [-0.39, 0.29) is 4.90 Å². The Hall–Kier alpha value is -0.230. The van der Waals surface area contributed by atoms with Gasteiger partial charge in [-0.15, -0.1) is 0 Å². The molecule has 1 saturated carbocycles. The summed E-state index contributed by atoms with van der Waals surface area (Å²) >= 11 is 7.67. The van der Waals surface area contributed by atoms with Crippen LogP contribution in [0.25, 0.3) is 0 Å². The maximum atomic E-state index is 12.0. The van der Waals surface area contributed by atoms with E-state index in [1.54, 1.807) is 18.2 Å². The Kier molecular flexibility index (Phi) is 5.57. The van der Waals surface area contributed by atoms with E-state index in [1.165, 1.54) is 31.7 Å². The highest BCUT2D eigenvalue weighted by atomic mass is 35.5. The topological polar surface area (TPSA) is 46.2 Å². The minimum atomic E-state index is -3.43. The molecule has 0 amide bonds. The van der Waals surface area contributed by atoms with Crippen molar-refractivity contribution in [2.45, 2.75) is 35.8 Å². The molecular formula is C13H18ClNO2S2. The van der Waals surface area contributed by atoms with Crippen molar-refractivity contribution >= 4 is 33.4 Å². The second-order valence-electron chi connectivity index (χ2n) is 4.63. The van der Waals surface area contributed by atoms with Gasteiger partial charge in [-0.1, -0.05) is 30.5 Å². The zero-order valence-electron chi connectivity index (χ0n) is 10.6. The van der Waals surface area contributed by atoms with Crippen LogP contribution in [0.2, 0.25) is 5.02 Å². The third kappa shape index (κ3) is 4.67. The van der Waals surface area contributed by atoms with Gasteiger partial charge in [0, 0.05) is 22.6 Å². The molecule has 1 aliphatic rings. The molecule has 3 nitrogen and oxygen atoms in total. The summed E-state index contributed by atoms with van der Waals surface area (Å²) in [4.78, 5) is 0.228. The van der Waals surface area contributed by atoms with Crippen LogP contribution in [0.15, 0.2) is 29.2 Å². The number of sulfonamides is 1. The van der Waals surface area contributed by atoms with Gasteiger partial charge in [-0.05, 0) is 31.0 Å². The van der Waals surface area contributed by atoms with Crippen LogP contribution < -0.4 is 4.72 Å². The molecule has 0 aliphatic heterocycles. The van der Waals surface area contributed by atoms with Gasteiger partial charge in [0.25, 0.3) is 0 Å². The van der Waals surface area contributed by atoms with Crippen LogP contribution in [-0.4, -0.2) is 26.0 Å². The van der Waals surface area contributed by atoms with E-state index in [1.807, 2.05) is 11.8 Å². The largest absolute Gasteiger partial charge is 0.240 e. The standard InChI is InChI=1S/C13H18ClNO2S2/c14-11-4-3-7-13(10-11)19(16,17)15-8-9-18-12-5-1-2-6-12/h3-4,7,10,12,15H,1-2,5-6,8-9H2. The van der Waals surface area contributed by atoms with Crippen LogP contribution >= 0.6 is 23.4 Å². The molecule has 1 aromatic carbocycles. The summed E-state index contributed by atoms with van der Waals surface area (Å²) < 4.78 is 26.6. The van der Waals surface area contributed by atoms with Crippen LogP contribution in [-0.2, 0) is 10.0 Å². The molecule has 0 radical (unpaired) electrons. The van der Waals surface area contributed by atoms with E-state index in [9.17, 15) is 8.42 Å². The van der Waals surface area contributed by atoms with Crippen molar-refractivity contribution in [3.8, 4) is 0 Å². The fourth-order valence-electron chi connectivity index (χ4n) is 2.17. The van der Waals surface area contributed by atoms with Gasteiger partial charge < -0.3 is 0 Å². The molecule has 1 aliphatic carbocycles. The van der Waals surface area contributed by atoms with Gasteiger partial charge in [-0.3, -0.25) is 0 Å². The van der Waals surface area contributed by atoms with E-state index in [2.05, 4.69) is 4.72 Å². The fourth-order valence-corrected chi connectivity index (χ4v) is 4.86. The van der Waals surface area contributed by atoms with Crippen LogP contribution in [0.4, 0.5) is 0 Å². The molecule has 0 saturated heterocycles. The number of thioether (sulfide) groups is 1. The molecule has 0 heterocycles. The van der Waals surface area contributed by atoms with Crippen molar-refractivity contribution in [1.29, 1.82) is 0 Å². The number of benzene rings is 1. The van der Waals surface area contributed by atoms with Gasteiger partial charge in [-0.2, -0.15) is 11.8 Å². The van der Waals surface area contributed by atoms with E-state index >= 15 is 0 Å². The molecule has 19 heavy (non-hydrogen) atoms. The third-order valence-electron chi connectivity index (χ3n) is 3.16. The van der Waals surface area contributed by atoms with Crippen molar-refractivity contribution in [2.75, 3.05) is 12.3 Å². The SMILES string of the molecule is O=S(=O)(NCCSC1CCCC1)c1cccc(Cl)c1. The first-order valence-corrected chi connectivity index (χ1v) is 9.36. The van der Waals surface area contributed by atoms with Gasteiger partial charge in [0.05, 0.1) is 4.90 Å². The number of hydrogen-bond donors (Lipinski definition) is 1. The maximum absolute atomic E-state index is 12.0. The molecule has 0 aromatic heterocycles. The number of hydrogen-bond acceptors (Lipinski definition) is 3. The van der Waals surface area contributed by atoms with Crippen LogP contribution in [0.1, 0.15) is 25.7 Å². The van der Waals surface area contributed by atoms with Crippen molar-refractivity contribution in [3.05, 3.63) is 29.3 Å². The molecule has 1 N–H and O–H groups in total. The molecule has 1 fully saturated rings. The first kappa shape index (κ1) is 15.2. The Morgan fingerprint density at radius 2 is 2.05 bits per heavy atom. The summed E-state index contributed by atoms with van der Waals surface area (Å²) in [6.45, 7) is 0.468. The quantitative estimate of drug-likeness (QED) is 0.818. The number of rotatable bonds is 6. The Morgan fingerprint density at radius 3 is 2.74 bits per heavy atom. The highest BCUT2D eigenvalue weighted by Crippen LogP contribution is 2.28. The van der Waals surface area contributed by atoms with Gasteiger partial charge in [0.1, 0.15) is 0 Å². The summed E-state index contributed by atoms with van der Waals surface area (Å²) in [5.41, 5.74) is 0. The van der Waals surface area contributed by atoms with Gasteiger partial charge in [0.2, 0.25) is 10.0 Å². The van der Waals surface area contributed by atoms with Crippen LogP contribution in [0.5, 0.6) is 0 Å². The van der Waals surface area contributed by atoms with Crippen LogP contribution in [0.3, 0.4) is 0 Å². The monoisotopic (exact) mass is 319 g/mol. The molecular weight excluding hydrogens is 302 g/mol. The van der Waals surface area contributed by atoms with E-state index in [0.29, 0.717) is 11.6 Å². The summed E-state index contributed by atoms with van der Waals surface area (Å²) in [5, 5.41) is 1.15. The van der Waals surface area contributed by atoms with Crippen LogP contribution in [0, 0.1) is 0 Å². The number of halogens is 1. The van der Waals surface area contributed by atoms with E-state index < -0.39 is 10.0 Å². The molecule has 0 spiro atoms. The van der Waals surface area contributed by atoms with E-state index in [4.69, 9.17) is 11.6 Å². The van der Waals surface area contributed by atoms with Crippen molar-refractivity contribution in [2.24, 2.45) is 0 Å². The van der Waals surface area contributed by atoms with Gasteiger partial charge in [-0.25, -0.2) is 13.1 Å². The molecule has 0 atom stereocenters. The minimum Gasteiger partial charge on any atom is -0.210 e. The highest BCUT2D eigenvalue weighted by Gasteiger charge is 2.16. The van der Waals surface area contributed by atoms with Gasteiger partial charge in [0.15, 0.2) is 0 Å². The average molecular weight is 320 g/mol. The lowest BCUT2D eigenvalue weighted by Crippen LogP contribution is -2.26. The molecule has 1 aromatic rings. The van der Waals surface area contributed by atoms with Gasteiger partial charge >= 0.3 is 0 Å². The smallest absolute Gasteiger partial charge is 0.210 e. The first-order chi connectivity index (χ1) is 9.08. The second kappa shape index (κ2) is 6.97. The summed E-state index contributed by atoms with van der Waals surface area (Å²) in [6.07, 6.45) is 5.16. The Labute approximate surface area is 124 Å². The first-order valence-electron chi connectivity index (χ1n) is 6.45.